The van der Waals surface area contributed by atoms with Crippen molar-refractivity contribution >= 4 is 35.7 Å². The number of carbonyl (C=O) groups is 1. The highest BCUT2D eigenvalue weighted by Crippen LogP contribution is 2.17. The van der Waals surface area contributed by atoms with Gasteiger partial charge in [-0.25, -0.2) is 14.4 Å². The van der Waals surface area contributed by atoms with E-state index in [1.165, 1.54) is 6.07 Å². The average Bonchev–Trinajstić information content (AvgIpc) is 2.89. The lowest BCUT2D eigenvalue weighted by molar-refractivity contribution is -0.115. The molecule has 0 saturated carbocycles. The lowest BCUT2D eigenvalue weighted by Crippen LogP contribution is -2.18. The Labute approximate surface area is 167 Å². The van der Waals surface area contributed by atoms with E-state index in [1.807, 2.05) is 13.8 Å². The van der Waals surface area contributed by atoms with Crippen molar-refractivity contribution in [1.29, 1.82) is 0 Å². The van der Waals surface area contributed by atoms with Crippen molar-refractivity contribution in [3.8, 4) is 5.82 Å². The van der Waals surface area contributed by atoms with E-state index in [0.29, 0.717) is 23.0 Å². The summed E-state index contributed by atoms with van der Waals surface area (Å²) in [4.78, 5) is 20.9. The number of hydrogen-bond acceptors (Lipinski definition) is 4. The van der Waals surface area contributed by atoms with E-state index in [2.05, 4.69) is 20.4 Å². The van der Waals surface area contributed by atoms with Gasteiger partial charge in [-0.3, -0.25) is 4.79 Å². The number of rotatable bonds is 4. The van der Waals surface area contributed by atoms with Gasteiger partial charge in [-0.1, -0.05) is 18.2 Å². The molecular formula is C18H19FIN5O. The van der Waals surface area contributed by atoms with Crippen molar-refractivity contribution in [3.63, 3.8) is 0 Å². The highest BCUT2D eigenvalue weighted by atomic mass is 127. The fourth-order valence-corrected chi connectivity index (χ4v) is 2.57. The van der Waals surface area contributed by atoms with Crippen LogP contribution in [0, 0.1) is 26.6 Å². The van der Waals surface area contributed by atoms with E-state index in [4.69, 9.17) is 0 Å². The molecule has 2 aromatic heterocycles. The van der Waals surface area contributed by atoms with Crippen LogP contribution in [-0.4, -0.2) is 25.7 Å². The Balaban J connectivity index is 0.00000243. The Morgan fingerprint density at radius 3 is 2.54 bits per heavy atom. The van der Waals surface area contributed by atoms with Crippen LogP contribution in [0.25, 0.3) is 5.82 Å². The molecule has 0 fully saturated rings. The molecule has 1 N–H and O–H groups in total. The largest absolute Gasteiger partial charge is 0.310 e. The van der Waals surface area contributed by atoms with Crippen LogP contribution in [-0.2, 0) is 11.2 Å². The molecule has 0 radical (unpaired) electrons. The van der Waals surface area contributed by atoms with Gasteiger partial charge in [-0.2, -0.15) is 9.78 Å². The number of nitrogens with zero attached hydrogens (tertiary/aromatic N) is 4. The quantitative estimate of drug-likeness (QED) is 0.597. The number of amides is 1. The number of anilines is 1. The van der Waals surface area contributed by atoms with E-state index in [1.54, 1.807) is 41.9 Å². The normalized spacial score (nSPS) is 10.3. The molecule has 6 nitrogen and oxygen atoms in total. The van der Waals surface area contributed by atoms with E-state index in [0.717, 1.165) is 11.4 Å². The van der Waals surface area contributed by atoms with E-state index in [9.17, 15) is 9.18 Å². The summed E-state index contributed by atoms with van der Waals surface area (Å²) in [6, 6.07) is 9.75. The summed E-state index contributed by atoms with van der Waals surface area (Å²) in [5.41, 5.74) is 1.88. The fourth-order valence-electron chi connectivity index (χ4n) is 2.57. The Morgan fingerprint density at radius 2 is 1.85 bits per heavy atom. The van der Waals surface area contributed by atoms with Crippen molar-refractivity contribution in [3.05, 3.63) is 65.0 Å². The molecule has 0 aliphatic heterocycles. The van der Waals surface area contributed by atoms with Gasteiger partial charge in [-0.15, -0.1) is 24.0 Å². The molecule has 0 aliphatic rings. The second kappa shape index (κ2) is 8.35. The molecular weight excluding hydrogens is 448 g/mol. The monoisotopic (exact) mass is 467 g/mol. The van der Waals surface area contributed by atoms with Gasteiger partial charge in [0.2, 0.25) is 5.91 Å². The number of aryl methyl sites for hydroxylation is 3. The third kappa shape index (κ3) is 4.63. The lowest BCUT2D eigenvalue weighted by Gasteiger charge is -2.09. The molecule has 3 aromatic rings. The van der Waals surface area contributed by atoms with Crippen LogP contribution in [0.1, 0.15) is 22.8 Å². The lowest BCUT2D eigenvalue weighted by atomic mass is 10.1. The molecule has 0 unspecified atom stereocenters. The Morgan fingerprint density at radius 1 is 1.12 bits per heavy atom. The van der Waals surface area contributed by atoms with Crippen LogP contribution >= 0.6 is 24.0 Å². The molecule has 26 heavy (non-hydrogen) atoms. The summed E-state index contributed by atoms with van der Waals surface area (Å²) in [7, 11) is 0. The number of benzene rings is 1. The van der Waals surface area contributed by atoms with Crippen molar-refractivity contribution in [2.75, 3.05) is 5.32 Å². The van der Waals surface area contributed by atoms with Gasteiger partial charge in [0.15, 0.2) is 5.82 Å². The minimum atomic E-state index is -0.399. The Kier molecular flexibility index (Phi) is 6.41. The first-order valence-electron chi connectivity index (χ1n) is 7.85. The first kappa shape index (κ1) is 20.0. The zero-order valence-electron chi connectivity index (χ0n) is 14.7. The van der Waals surface area contributed by atoms with E-state index in [-0.39, 0.29) is 36.3 Å². The van der Waals surface area contributed by atoms with Crippen molar-refractivity contribution < 1.29 is 9.18 Å². The number of halogens is 2. The molecule has 8 heteroatoms. The molecule has 0 aliphatic carbocycles. The predicted molar refractivity (Wildman–Crippen MR) is 108 cm³/mol. The SMILES string of the molecule is Cc1cc(-n2nc(C)cc2NC(=O)Cc2ccccc2F)nc(C)n1.I. The molecule has 3 rings (SSSR count). The first-order valence-corrected chi connectivity index (χ1v) is 7.85. The molecule has 1 amide bonds. The number of aromatic nitrogens is 4. The minimum absolute atomic E-state index is 0. The maximum absolute atomic E-state index is 13.7. The van der Waals surface area contributed by atoms with Crippen LogP contribution in [0.5, 0.6) is 0 Å². The molecule has 136 valence electrons. The zero-order valence-corrected chi connectivity index (χ0v) is 17.0. The maximum Gasteiger partial charge on any atom is 0.230 e. The second-order valence-corrected chi connectivity index (χ2v) is 5.81. The van der Waals surface area contributed by atoms with E-state index >= 15 is 0 Å². The maximum atomic E-state index is 13.7. The molecule has 0 spiro atoms. The van der Waals surface area contributed by atoms with Crippen LogP contribution in [0.3, 0.4) is 0 Å². The summed E-state index contributed by atoms with van der Waals surface area (Å²) in [5, 5.41) is 7.16. The van der Waals surface area contributed by atoms with Gasteiger partial charge in [0.05, 0.1) is 12.1 Å². The zero-order chi connectivity index (χ0) is 18.0. The van der Waals surface area contributed by atoms with Crippen LogP contribution in [0.2, 0.25) is 0 Å². The second-order valence-electron chi connectivity index (χ2n) is 5.81. The minimum Gasteiger partial charge on any atom is -0.310 e. The fraction of sp³-hybridized carbons (Fsp3) is 0.222. The standard InChI is InChI=1S/C18H18FN5O.HI/c1-11-8-16(21-13(3)20-11)24-17(9-12(2)23-24)22-18(25)10-14-6-4-5-7-15(14)19;/h4-9H,10H2,1-3H3,(H,22,25);1H. The summed E-state index contributed by atoms with van der Waals surface area (Å²) < 4.78 is 15.3. The summed E-state index contributed by atoms with van der Waals surface area (Å²) in [6.07, 6.45) is -0.0568. The average molecular weight is 467 g/mol. The van der Waals surface area contributed by atoms with E-state index < -0.39 is 5.82 Å². The van der Waals surface area contributed by atoms with Gasteiger partial charge in [0, 0.05) is 17.8 Å². The summed E-state index contributed by atoms with van der Waals surface area (Å²) in [5.74, 6) is 0.945. The first-order chi connectivity index (χ1) is 11.9. The van der Waals surface area contributed by atoms with Crippen molar-refractivity contribution in [1.82, 2.24) is 19.7 Å². The number of nitrogens with one attached hydrogen (secondary N) is 1. The summed E-state index contributed by atoms with van der Waals surface area (Å²) >= 11 is 0. The molecule has 0 saturated heterocycles. The predicted octanol–water partition coefficient (Wildman–Crippen LogP) is 3.53. The molecule has 0 atom stereocenters. The third-order valence-corrected chi connectivity index (χ3v) is 3.58. The number of carbonyl (C=O) groups excluding carboxylic acids is 1. The van der Waals surface area contributed by atoms with Gasteiger partial charge >= 0.3 is 0 Å². The Hall–Kier alpha value is -2.36. The highest BCUT2D eigenvalue weighted by Gasteiger charge is 2.14. The number of hydrogen-bond donors (Lipinski definition) is 1. The van der Waals surface area contributed by atoms with Gasteiger partial charge < -0.3 is 5.32 Å². The molecule has 2 heterocycles. The summed E-state index contributed by atoms with van der Waals surface area (Å²) in [6.45, 7) is 5.48. The third-order valence-electron chi connectivity index (χ3n) is 3.58. The van der Waals surface area contributed by atoms with Gasteiger partial charge in [-0.05, 0) is 32.4 Å². The van der Waals surface area contributed by atoms with Crippen LogP contribution in [0.15, 0.2) is 36.4 Å². The molecule has 0 bridgehead atoms. The van der Waals surface area contributed by atoms with Crippen LogP contribution < -0.4 is 5.32 Å². The molecule has 1 aromatic carbocycles. The van der Waals surface area contributed by atoms with Crippen molar-refractivity contribution in [2.24, 2.45) is 0 Å². The smallest absolute Gasteiger partial charge is 0.230 e. The van der Waals surface area contributed by atoms with Crippen LogP contribution in [0.4, 0.5) is 10.2 Å². The van der Waals surface area contributed by atoms with Gasteiger partial charge in [0.25, 0.3) is 0 Å². The topological polar surface area (TPSA) is 72.7 Å². The highest BCUT2D eigenvalue weighted by molar-refractivity contribution is 14.0. The Bertz CT molecular complexity index is 921. The van der Waals surface area contributed by atoms with Crippen molar-refractivity contribution in [2.45, 2.75) is 27.2 Å². The van der Waals surface area contributed by atoms with Gasteiger partial charge in [0.1, 0.15) is 17.5 Å².